The average molecular weight is 272 g/mol. The summed E-state index contributed by atoms with van der Waals surface area (Å²) in [5.41, 5.74) is 0. The molecule has 2 fully saturated rings. The number of piperidine rings is 1. The van der Waals surface area contributed by atoms with Gasteiger partial charge in [0.2, 0.25) is 5.91 Å². The third-order valence-electron chi connectivity index (χ3n) is 3.60. The monoisotopic (exact) mass is 272 g/mol. The van der Waals surface area contributed by atoms with Gasteiger partial charge in [-0.1, -0.05) is 0 Å². The number of carboxylic acid groups (broad SMARTS) is 1. The summed E-state index contributed by atoms with van der Waals surface area (Å²) in [6.45, 7) is 1.35. The van der Waals surface area contributed by atoms with Gasteiger partial charge < -0.3 is 25.2 Å². The fourth-order valence-electron chi connectivity index (χ4n) is 2.56. The molecule has 0 radical (unpaired) electrons. The summed E-state index contributed by atoms with van der Waals surface area (Å²) in [5, 5.41) is 20.9. The molecule has 2 unspecified atom stereocenters. The van der Waals surface area contributed by atoms with Crippen molar-refractivity contribution in [1.29, 1.82) is 0 Å². The lowest BCUT2D eigenvalue weighted by Crippen LogP contribution is -2.48. The molecular weight excluding hydrogens is 252 g/mol. The lowest BCUT2D eigenvalue weighted by molar-refractivity contribution is -0.147. The number of aliphatic carboxylic acids is 1. The van der Waals surface area contributed by atoms with Gasteiger partial charge in [0.05, 0.1) is 18.2 Å². The van der Waals surface area contributed by atoms with E-state index in [0.29, 0.717) is 38.9 Å². The molecule has 1 amide bonds. The highest BCUT2D eigenvalue weighted by molar-refractivity contribution is 5.82. The minimum Gasteiger partial charge on any atom is -0.480 e. The maximum absolute atomic E-state index is 12.1. The van der Waals surface area contributed by atoms with Crippen LogP contribution in [0.2, 0.25) is 0 Å². The predicted octanol–water partition coefficient (Wildman–Crippen LogP) is -1.20. The number of aliphatic hydroxyl groups is 1. The zero-order valence-electron chi connectivity index (χ0n) is 10.7. The molecular formula is C12H20N2O5. The zero-order valence-corrected chi connectivity index (χ0v) is 10.7. The minimum absolute atomic E-state index is 0.0215. The Labute approximate surface area is 111 Å². The summed E-state index contributed by atoms with van der Waals surface area (Å²) >= 11 is 0. The van der Waals surface area contributed by atoms with Gasteiger partial charge in [0.25, 0.3) is 0 Å². The Bertz CT molecular complexity index is 341. The molecule has 2 aliphatic heterocycles. The number of nitrogens with one attached hydrogen (secondary N) is 1. The number of rotatable bonds is 4. The normalized spacial score (nSPS) is 28.6. The van der Waals surface area contributed by atoms with E-state index in [1.165, 1.54) is 0 Å². The summed E-state index contributed by atoms with van der Waals surface area (Å²) in [6, 6.07) is -0.286. The fourth-order valence-corrected chi connectivity index (χ4v) is 2.56. The molecule has 2 aliphatic rings. The van der Waals surface area contributed by atoms with Crippen molar-refractivity contribution in [3.05, 3.63) is 0 Å². The van der Waals surface area contributed by atoms with E-state index in [0.717, 1.165) is 0 Å². The molecule has 7 nitrogen and oxygen atoms in total. The van der Waals surface area contributed by atoms with Crippen LogP contribution in [0.4, 0.5) is 0 Å². The Hall–Kier alpha value is -1.18. The number of hydrogen-bond donors (Lipinski definition) is 3. The molecule has 0 spiro atoms. The third-order valence-corrected chi connectivity index (χ3v) is 3.60. The number of likely N-dealkylation sites (tertiary alicyclic amines) is 1. The van der Waals surface area contributed by atoms with Crippen molar-refractivity contribution >= 4 is 11.9 Å². The van der Waals surface area contributed by atoms with Gasteiger partial charge in [-0.05, 0) is 19.3 Å². The molecule has 2 rings (SSSR count). The van der Waals surface area contributed by atoms with E-state index in [2.05, 4.69) is 5.32 Å². The van der Waals surface area contributed by atoms with Gasteiger partial charge in [0.1, 0.15) is 6.61 Å². The number of carbonyl (C=O) groups excluding carboxylic acids is 1. The molecule has 108 valence electrons. The highest BCUT2D eigenvalue weighted by atomic mass is 16.5. The van der Waals surface area contributed by atoms with Crippen molar-refractivity contribution in [2.45, 2.75) is 37.5 Å². The van der Waals surface area contributed by atoms with Crippen molar-refractivity contribution in [3.63, 3.8) is 0 Å². The van der Waals surface area contributed by atoms with Crippen LogP contribution in [-0.4, -0.2) is 71.5 Å². The van der Waals surface area contributed by atoms with Crippen LogP contribution in [0.5, 0.6) is 0 Å². The van der Waals surface area contributed by atoms with Gasteiger partial charge in [-0.25, -0.2) is 4.79 Å². The van der Waals surface area contributed by atoms with Crippen LogP contribution in [0, 0.1) is 0 Å². The van der Waals surface area contributed by atoms with Crippen molar-refractivity contribution in [1.82, 2.24) is 10.2 Å². The summed E-state index contributed by atoms with van der Waals surface area (Å²) in [7, 11) is 0. The number of carboxylic acids is 1. The summed E-state index contributed by atoms with van der Waals surface area (Å²) in [4.78, 5) is 24.3. The second-order valence-electron chi connectivity index (χ2n) is 5.08. The van der Waals surface area contributed by atoms with Crippen LogP contribution in [0.25, 0.3) is 0 Å². The first-order chi connectivity index (χ1) is 9.06. The molecule has 0 aromatic rings. The average Bonchev–Trinajstić information content (AvgIpc) is 2.83. The number of hydrogen-bond acceptors (Lipinski definition) is 5. The van der Waals surface area contributed by atoms with E-state index in [1.54, 1.807) is 4.90 Å². The first kappa shape index (κ1) is 14.2. The molecule has 2 heterocycles. The second kappa shape index (κ2) is 6.31. The van der Waals surface area contributed by atoms with E-state index in [4.69, 9.17) is 9.84 Å². The van der Waals surface area contributed by atoms with E-state index < -0.39 is 12.1 Å². The van der Waals surface area contributed by atoms with Crippen molar-refractivity contribution in [2.24, 2.45) is 0 Å². The van der Waals surface area contributed by atoms with Gasteiger partial charge in [-0.15, -0.1) is 0 Å². The zero-order chi connectivity index (χ0) is 13.8. The Morgan fingerprint density at radius 3 is 2.53 bits per heavy atom. The molecule has 7 heteroatoms. The molecule has 0 aliphatic carbocycles. The Morgan fingerprint density at radius 2 is 2.00 bits per heavy atom. The SMILES string of the molecule is O=C(O)COC1CCN(C(=O)C2CC(O)CN2)CC1. The maximum atomic E-state index is 12.1. The lowest BCUT2D eigenvalue weighted by Gasteiger charge is -2.33. The fraction of sp³-hybridized carbons (Fsp3) is 0.833. The molecule has 2 atom stereocenters. The van der Waals surface area contributed by atoms with Gasteiger partial charge in [0.15, 0.2) is 0 Å². The number of nitrogens with zero attached hydrogens (tertiary/aromatic N) is 1. The van der Waals surface area contributed by atoms with Crippen LogP contribution in [-0.2, 0) is 14.3 Å². The molecule has 2 saturated heterocycles. The standard InChI is InChI=1S/C12H20N2O5/c15-8-5-10(13-6-8)12(18)14-3-1-9(2-4-14)19-7-11(16)17/h8-10,13,15H,1-7H2,(H,16,17). The lowest BCUT2D eigenvalue weighted by atomic mass is 10.1. The van der Waals surface area contributed by atoms with Gasteiger partial charge in [-0.3, -0.25) is 4.79 Å². The number of carbonyl (C=O) groups is 2. The number of amides is 1. The van der Waals surface area contributed by atoms with Crippen LogP contribution >= 0.6 is 0 Å². The largest absolute Gasteiger partial charge is 0.480 e. The maximum Gasteiger partial charge on any atom is 0.329 e. The van der Waals surface area contributed by atoms with E-state index in [9.17, 15) is 14.7 Å². The highest BCUT2D eigenvalue weighted by Gasteiger charge is 2.33. The number of β-amino-alcohol motifs (C(OH)–C–C–N with tert-alkyl or cyclic N) is 1. The molecule has 3 N–H and O–H groups in total. The van der Waals surface area contributed by atoms with E-state index >= 15 is 0 Å². The van der Waals surface area contributed by atoms with Crippen molar-refractivity contribution in [2.75, 3.05) is 26.2 Å². The summed E-state index contributed by atoms with van der Waals surface area (Å²) in [5.74, 6) is -0.948. The topological polar surface area (TPSA) is 99.1 Å². The van der Waals surface area contributed by atoms with Crippen LogP contribution < -0.4 is 5.32 Å². The quantitative estimate of drug-likeness (QED) is 0.594. The van der Waals surface area contributed by atoms with Gasteiger partial charge in [-0.2, -0.15) is 0 Å². The minimum atomic E-state index is -0.970. The number of aliphatic hydroxyl groups excluding tert-OH is 1. The molecule has 0 bridgehead atoms. The highest BCUT2D eigenvalue weighted by Crippen LogP contribution is 2.17. The Kier molecular flexibility index (Phi) is 4.73. The molecule has 0 aromatic heterocycles. The molecule has 19 heavy (non-hydrogen) atoms. The first-order valence-corrected chi connectivity index (χ1v) is 6.60. The van der Waals surface area contributed by atoms with E-state index in [-0.39, 0.29) is 24.7 Å². The van der Waals surface area contributed by atoms with E-state index in [1.807, 2.05) is 0 Å². The van der Waals surface area contributed by atoms with Crippen LogP contribution in [0.15, 0.2) is 0 Å². The predicted molar refractivity (Wildman–Crippen MR) is 65.6 cm³/mol. The third kappa shape index (κ3) is 3.89. The summed E-state index contributed by atoms with van der Waals surface area (Å²) in [6.07, 6.45) is 1.27. The van der Waals surface area contributed by atoms with Gasteiger partial charge >= 0.3 is 5.97 Å². The molecule has 0 aromatic carbocycles. The number of ether oxygens (including phenoxy) is 1. The smallest absolute Gasteiger partial charge is 0.329 e. The summed E-state index contributed by atoms with van der Waals surface area (Å²) < 4.78 is 5.22. The van der Waals surface area contributed by atoms with Crippen LogP contribution in [0.3, 0.4) is 0 Å². The van der Waals surface area contributed by atoms with Gasteiger partial charge in [0, 0.05) is 19.6 Å². The van der Waals surface area contributed by atoms with Crippen molar-refractivity contribution in [3.8, 4) is 0 Å². The Balaban J connectivity index is 1.73. The Morgan fingerprint density at radius 1 is 1.32 bits per heavy atom. The molecule has 0 saturated carbocycles. The second-order valence-corrected chi connectivity index (χ2v) is 5.08. The van der Waals surface area contributed by atoms with Crippen LogP contribution in [0.1, 0.15) is 19.3 Å². The van der Waals surface area contributed by atoms with Crippen molar-refractivity contribution < 1.29 is 24.5 Å². The first-order valence-electron chi connectivity index (χ1n) is 6.60.